The number of amides is 1. The summed E-state index contributed by atoms with van der Waals surface area (Å²) in [4.78, 5) is 19.7. The van der Waals surface area contributed by atoms with Crippen LogP contribution in [0.15, 0.2) is 42.7 Å². The van der Waals surface area contributed by atoms with E-state index in [4.69, 9.17) is 27.9 Å². The molecular formula is C17H16Cl2N4O2. The summed E-state index contributed by atoms with van der Waals surface area (Å²) in [5, 5.41) is 3.48. The third-order valence-electron chi connectivity index (χ3n) is 3.79. The Morgan fingerprint density at radius 1 is 1.36 bits per heavy atom. The molecule has 3 aromatic rings. The number of H-pyrrole nitrogens is 1. The van der Waals surface area contributed by atoms with Gasteiger partial charge in [-0.2, -0.15) is 0 Å². The maximum Gasteiger partial charge on any atom is 0.268 e. The van der Waals surface area contributed by atoms with E-state index < -0.39 is 6.04 Å². The SMILES string of the molecule is COc1cccc(C(NC(=O)c2cc(Cl)c(Cl)[nH]2)c2nccn2C)c1. The molecule has 3 rings (SSSR count). The smallest absolute Gasteiger partial charge is 0.268 e. The van der Waals surface area contributed by atoms with Crippen molar-refractivity contribution in [1.29, 1.82) is 0 Å². The van der Waals surface area contributed by atoms with Gasteiger partial charge in [-0.15, -0.1) is 0 Å². The molecule has 1 unspecified atom stereocenters. The molecule has 0 saturated carbocycles. The van der Waals surface area contributed by atoms with E-state index in [1.165, 1.54) is 6.07 Å². The van der Waals surface area contributed by atoms with Gasteiger partial charge in [-0.1, -0.05) is 35.3 Å². The quantitative estimate of drug-likeness (QED) is 0.712. The van der Waals surface area contributed by atoms with E-state index in [1.807, 2.05) is 42.1 Å². The van der Waals surface area contributed by atoms with Crippen molar-refractivity contribution in [3.63, 3.8) is 0 Å². The maximum absolute atomic E-state index is 12.6. The lowest BCUT2D eigenvalue weighted by molar-refractivity contribution is 0.0936. The van der Waals surface area contributed by atoms with Crippen LogP contribution in [0.3, 0.4) is 0 Å². The topological polar surface area (TPSA) is 71.9 Å². The number of imidazole rings is 1. The number of aryl methyl sites for hydroxylation is 1. The van der Waals surface area contributed by atoms with Gasteiger partial charge in [0.15, 0.2) is 0 Å². The molecule has 0 bridgehead atoms. The first-order valence-corrected chi connectivity index (χ1v) is 8.21. The van der Waals surface area contributed by atoms with Gasteiger partial charge < -0.3 is 19.6 Å². The molecule has 0 aliphatic heterocycles. The van der Waals surface area contributed by atoms with E-state index in [0.717, 1.165) is 5.56 Å². The zero-order valence-corrected chi connectivity index (χ0v) is 15.1. The van der Waals surface area contributed by atoms with Crippen LogP contribution >= 0.6 is 23.2 Å². The minimum absolute atomic E-state index is 0.224. The predicted octanol–water partition coefficient (Wildman–Crippen LogP) is 3.58. The highest BCUT2D eigenvalue weighted by molar-refractivity contribution is 6.41. The lowest BCUT2D eigenvalue weighted by Gasteiger charge is -2.19. The van der Waals surface area contributed by atoms with Crippen molar-refractivity contribution in [2.75, 3.05) is 7.11 Å². The lowest BCUT2D eigenvalue weighted by Crippen LogP contribution is -2.31. The molecule has 2 heterocycles. The Balaban J connectivity index is 1.96. The number of hydrogen-bond donors (Lipinski definition) is 2. The van der Waals surface area contributed by atoms with Crippen molar-refractivity contribution in [2.24, 2.45) is 7.05 Å². The zero-order valence-electron chi connectivity index (χ0n) is 13.6. The summed E-state index contributed by atoms with van der Waals surface area (Å²) in [5.74, 6) is 1.03. The van der Waals surface area contributed by atoms with Crippen LogP contribution in [-0.4, -0.2) is 27.6 Å². The molecule has 1 amide bonds. The Morgan fingerprint density at radius 2 is 2.16 bits per heavy atom. The second kappa shape index (κ2) is 7.21. The van der Waals surface area contributed by atoms with E-state index in [2.05, 4.69) is 15.3 Å². The summed E-state index contributed by atoms with van der Waals surface area (Å²) in [6.45, 7) is 0. The summed E-state index contributed by atoms with van der Waals surface area (Å²) in [6, 6.07) is 8.47. The number of aromatic nitrogens is 3. The highest BCUT2D eigenvalue weighted by Crippen LogP contribution is 2.26. The van der Waals surface area contributed by atoms with Crippen molar-refractivity contribution >= 4 is 29.1 Å². The normalized spacial score (nSPS) is 12.0. The molecule has 8 heteroatoms. The number of carbonyl (C=O) groups excluding carboxylic acids is 1. The molecule has 0 spiro atoms. The van der Waals surface area contributed by atoms with Crippen molar-refractivity contribution in [3.8, 4) is 5.75 Å². The number of nitrogens with one attached hydrogen (secondary N) is 2. The average molecular weight is 379 g/mol. The molecule has 0 aliphatic carbocycles. The molecule has 2 N–H and O–H groups in total. The number of carbonyl (C=O) groups is 1. The Morgan fingerprint density at radius 3 is 2.76 bits per heavy atom. The second-order valence-electron chi connectivity index (χ2n) is 5.42. The van der Waals surface area contributed by atoms with E-state index >= 15 is 0 Å². The molecule has 2 aromatic heterocycles. The van der Waals surface area contributed by atoms with E-state index in [-0.39, 0.29) is 16.8 Å². The summed E-state index contributed by atoms with van der Waals surface area (Å²) >= 11 is 11.8. The first kappa shape index (κ1) is 17.4. The molecule has 130 valence electrons. The monoisotopic (exact) mass is 378 g/mol. The third-order valence-corrected chi connectivity index (χ3v) is 4.48. The fraction of sp³-hybridized carbons (Fsp3) is 0.176. The zero-order chi connectivity index (χ0) is 18.0. The van der Waals surface area contributed by atoms with E-state index in [1.54, 1.807) is 13.3 Å². The molecule has 0 radical (unpaired) electrons. The number of hydrogen-bond acceptors (Lipinski definition) is 3. The summed E-state index contributed by atoms with van der Waals surface area (Å²) in [6.07, 6.45) is 3.49. The summed E-state index contributed by atoms with van der Waals surface area (Å²) < 4.78 is 7.13. The third kappa shape index (κ3) is 3.65. The van der Waals surface area contributed by atoms with Crippen LogP contribution in [0.1, 0.15) is 27.9 Å². The number of ether oxygens (including phenoxy) is 1. The van der Waals surface area contributed by atoms with Gasteiger partial charge in [0.05, 0.1) is 12.1 Å². The highest BCUT2D eigenvalue weighted by Gasteiger charge is 2.23. The van der Waals surface area contributed by atoms with Crippen LogP contribution in [-0.2, 0) is 7.05 Å². The van der Waals surface area contributed by atoms with Crippen LogP contribution in [0.5, 0.6) is 5.75 Å². The van der Waals surface area contributed by atoms with Gasteiger partial charge in [0.25, 0.3) is 5.91 Å². The summed E-state index contributed by atoms with van der Waals surface area (Å²) in [5.41, 5.74) is 1.11. The van der Waals surface area contributed by atoms with Gasteiger partial charge in [-0.3, -0.25) is 4.79 Å². The van der Waals surface area contributed by atoms with Crippen molar-refractivity contribution < 1.29 is 9.53 Å². The van der Waals surface area contributed by atoms with Crippen molar-refractivity contribution in [1.82, 2.24) is 19.9 Å². The van der Waals surface area contributed by atoms with Crippen LogP contribution in [0, 0.1) is 0 Å². The fourth-order valence-electron chi connectivity index (χ4n) is 2.51. The summed E-state index contributed by atoms with van der Waals surface area (Å²) in [7, 11) is 3.46. The predicted molar refractivity (Wildman–Crippen MR) is 96.3 cm³/mol. The van der Waals surface area contributed by atoms with Gasteiger partial charge in [0.2, 0.25) is 0 Å². The van der Waals surface area contributed by atoms with Crippen LogP contribution in [0.2, 0.25) is 10.2 Å². The van der Waals surface area contributed by atoms with Gasteiger partial charge in [0.1, 0.15) is 28.5 Å². The van der Waals surface area contributed by atoms with Gasteiger partial charge in [-0.25, -0.2) is 4.98 Å². The maximum atomic E-state index is 12.6. The Kier molecular flexibility index (Phi) is 5.01. The molecule has 1 atom stereocenters. The first-order chi connectivity index (χ1) is 12.0. The van der Waals surface area contributed by atoms with Crippen molar-refractivity contribution in [3.05, 3.63) is 70.0 Å². The van der Waals surface area contributed by atoms with Crippen LogP contribution in [0.25, 0.3) is 0 Å². The molecular weight excluding hydrogens is 363 g/mol. The Bertz CT molecular complexity index is 884. The fourth-order valence-corrected chi connectivity index (χ4v) is 2.82. The van der Waals surface area contributed by atoms with Crippen molar-refractivity contribution in [2.45, 2.75) is 6.04 Å². The molecule has 25 heavy (non-hydrogen) atoms. The largest absolute Gasteiger partial charge is 0.497 e. The second-order valence-corrected chi connectivity index (χ2v) is 6.21. The van der Waals surface area contributed by atoms with E-state index in [9.17, 15) is 4.79 Å². The average Bonchev–Trinajstić information content (AvgIpc) is 3.18. The number of nitrogens with zero attached hydrogens (tertiary/aromatic N) is 2. The number of methoxy groups -OCH3 is 1. The number of benzene rings is 1. The molecule has 6 nitrogen and oxygen atoms in total. The van der Waals surface area contributed by atoms with Gasteiger partial charge >= 0.3 is 0 Å². The minimum Gasteiger partial charge on any atom is -0.497 e. The van der Waals surface area contributed by atoms with E-state index in [0.29, 0.717) is 16.6 Å². The number of halogens is 2. The number of rotatable bonds is 5. The number of aromatic amines is 1. The first-order valence-electron chi connectivity index (χ1n) is 7.45. The Labute approximate surface area is 154 Å². The molecule has 0 saturated heterocycles. The van der Waals surface area contributed by atoms with Gasteiger partial charge in [0, 0.05) is 19.4 Å². The standard InChI is InChI=1S/C17H16Cl2N4O2/c1-23-7-6-20-16(23)14(10-4-3-5-11(8-10)25-2)22-17(24)13-9-12(18)15(19)21-13/h3-9,14,21H,1-2H3,(H,22,24). The molecule has 0 fully saturated rings. The van der Waals surface area contributed by atoms with Gasteiger partial charge in [-0.05, 0) is 23.8 Å². The highest BCUT2D eigenvalue weighted by atomic mass is 35.5. The molecule has 1 aromatic carbocycles. The Hall–Kier alpha value is -2.44. The lowest BCUT2D eigenvalue weighted by atomic mass is 10.1. The van der Waals surface area contributed by atoms with Crippen LogP contribution in [0.4, 0.5) is 0 Å². The van der Waals surface area contributed by atoms with Crippen LogP contribution < -0.4 is 10.1 Å². The minimum atomic E-state index is -0.469. The molecule has 0 aliphatic rings.